The Kier molecular flexibility index (Phi) is 6.82. The van der Waals surface area contributed by atoms with Crippen molar-refractivity contribution in [2.75, 3.05) is 5.32 Å². The number of allylic oxidation sites excluding steroid dienone is 1. The maximum absolute atomic E-state index is 12.1. The Morgan fingerprint density at radius 2 is 2.09 bits per heavy atom. The molecule has 0 spiro atoms. The summed E-state index contributed by atoms with van der Waals surface area (Å²) in [6.45, 7) is 5.26. The summed E-state index contributed by atoms with van der Waals surface area (Å²) in [6.07, 6.45) is 2.70. The topological polar surface area (TPSA) is 95.5 Å². The third-order valence-corrected chi connectivity index (χ3v) is 2.99. The Balaban J connectivity index is 2.79. The molecule has 22 heavy (non-hydrogen) atoms. The molecule has 0 radical (unpaired) electrons. The first-order valence-electron chi connectivity index (χ1n) is 7.02. The van der Waals surface area contributed by atoms with Crippen molar-refractivity contribution in [3.05, 3.63) is 42.5 Å². The van der Waals surface area contributed by atoms with E-state index in [0.717, 1.165) is 0 Å². The monoisotopic (exact) mass is 304 g/mol. The molecule has 1 rings (SSSR count). The van der Waals surface area contributed by atoms with Crippen LogP contribution in [0.5, 0.6) is 0 Å². The zero-order valence-corrected chi connectivity index (χ0v) is 12.5. The fraction of sp³-hybridized carbons (Fsp3) is 0.312. The molecule has 1 aromatic rings. The molecule has 6 nitrogen and oxygen atoms in total. The van der Waals surface area contributed by atoms with Gasteiger partial charge in [-0.2, -0.15) is 0 Å². The number of nitrogens with one attached hydrogen (secondary N) is 2. The lowest BCUT2D eigenvalue weighted by Crippen LogP contribution is -2.40. The van der Waals surface area contributed by atoms with Gasteiger partial charge in [0.05, 0.1) is 0 Å². The van der Waals surface area contributed by atoms with Crippen LogP contribution in [-0.4, -0.2) is 28.9 Å². The van der Waals surface area contributed by atoms with Crippen molar-refractivity contribution in [3.63, 3.8) is 0 Å². The highest BCUT2D eigenvalue weighted by atomic mass is 16.4. The van der Waals surface area contributed by atoms with Crippen molar-refractivity contribution in [2.24, 2.45) is 0 Å². The number of hydrogen-bond acceptors (Lipinski definition) is 3. The van der Waals surface area contributed by atoms with Crippen LogP contribution in [0.25, 0.3) is 0 Å². The highest BCUT2D eigenvalue weighted by Crippen LogP contribution is 2.12. The van der Waals surface area contributed by atoms with E-state index in [-0.39, 0.29) is 12.3 Å². The number of benzene rings is 1. The Morgan fingerprint density at radius 1 is 1.36 bits per heavy atom. The van der Waals surface area contributed by atoms with Gasteiger partial charge in [0.25, 0.3) is 5.91 Å². The van der Waals surface area contributed by atoms with Gasteiger partial charge in [0.15, 0.2) is 0 Å². The summed E-state index contributed by atoms with van der Waals surface area (Å²) in [4.78, 5) is 34.6. The lowest BCUT2D eigenvalue weighted by atomic mass is 10.1. The van der Waals surface area contributed by atoms with E-state index in [9.17, 15) is 14.4 Å². The molecule has 0 saturated heterocycles. The van der Waals surface area contributed by atoms with Gasteiger partial charge in [-0.1, -0.05) is 19.1 Å². The van der Waals surface area contributed by atoms with Crippen LogP contribution in [0.1, 0.15) is 36.5 Å². The van der Waals surface area contributed by atoms with Gasteiger partial charge >= 0.3 is 5.97 Å². The van der Waals surface area contributed by atoms with Crippen molar-refractivity contribution in [3.8, 4) is 0 Å². The van der Waals surface area contributed by atoms with Gasteiger partial charge in [-0.15, -0.1) is 6.58 Å². The van der Waals surface area contributed by atoms with Crippen LogP contribution in [0.2, 0.25) is 0 Å². The Bertz CT molecular complexity index is 569. The molecular weight excluding hydrogens is 284 g/mol. The number of amides is 2. The highest BCUT2D eigenvalue weighted by molar-refractivity contribution is 5.98. The van der Waals surface area contributed by atoms with Crippen molar-refractivity contribution < 1.29 is 19.5 Å². The van der Waals surface area contributed by atoms with Gasteiger partial charge in [0.2, 0.25) is 5.91 Å². The number of anilines is 1. The lowest BCUT2D eigenvalue weighted by Gasteiger charge is -2.14. The van der Waals surface area contributed by atoms with Crippen molar-refractivity contribution >= 4 is 23.5 Å². The summed E-state index contributed by atoms with van der Waals surface area (Å²) in [7, 11) is 0. The molecule has 0 aromatic heterocycles. The molecule has 1 unspecified atom stereocenters. The summed E-state index contributed by atoms with van der Waals surface area (Å²) in [6, 6.07) is 5.38. The molecule has 0 aliphatic heterocycles. The maximum Gasteiger partial charge on any atom is 0.326 e. The van der Waals surface area contributed by atoms with Crippen molar-refractivity contribution in [1.82, 2.24) is 5.32 Å². The van der Waals surface area contributed by atoms with E-state index in [4.69, 9.17) is 5.11 Å². The molecule has 0 fully saturated rings. The Labute approximate surface area is 129 Å². The summed E-state index contributed by atoms with van der Waals surface area (Å²) >= 11 is 0. The molecule has 118 valence electrons. The van der Waals surface area contributed by atoms with Crippen LogP contribution in [0.4, 0.5) is 5.69 Å². The summed E-state index contributed by atoms with van der Waals surface area (Å²) in [5.74, 6) is -1.75. The predicted octanol–water partition coefficient (Wildman–Crippen LogP) is 2.18. The third kappa shape index (κ3) is 5.40. The number of carbonyl (C=O) groups excluding carboxylic acids is 2. The van der Waals surface area contributed by atoms with Gasteiger partial charge < -0.3 is 15.7 Å². The van der Waals surface area contributed by atoms with Gasteiger partial charge in [-0.3, -0.25) is 9.59 Å². The molecule has 0 saturated carbocycles. The minimum Gasteiger partial charge on any atom is -0.480 e. The molecule has 1 atom stereocenters. The second kappa shape index (κ2) is 8.61. The first kappa shape index (κ1) is 17.4. The molecule has 3 N–H and O–H groups in total. The van der Waals surface area contributed by atoms with E-state index < -0.39 is 17.9 Å². The minimum absolute atomic E-state index is 0.160. The average molecular weight is 304 g/mol. The number of carboxylic acid groups (broad SMARTS) is 1. The maximum atomic E-state index is 12.1. The van der Waals surface area contributed by atoms with Gasteiger partial charge in [0.1, 0.15) is 6.04 Å². The lowest BCUT2D eigenvalue weighted by molar-refractivity contribution is -0.139. The number of aliphatic carboxylic acids is 1. The van der Waals surface area contributed by atoms with E-state index in [1.54, 1.807) is 31.2 Å². The van der Waals surface area contributed by atoms with Gasteiger partial charge in [-0.05, 0) is 31.0 Å². The van der Waals surface area contributed by atoms with Crippen LogP contribution in [0, 0.1) is 0 Å². The fourth-order valence-corrected chi connectivity index (χ4v) is 1.77. The SMILES string of the molecule is C=CCCC(NC(=O)c1cccc(NC(=O)CC)c1)C(=O)O. The average Bonchev–Trinajstić information content (AvgIpc) is 2.51. The van der Waals surface area contributed by atoms with Crippen LogP contribution in [0.3, 0.4) is 0 Å². The number of rotatable bonds is 8. The predicted molar refractivity (Wildman–Crippen MR) is 83.7 cm³/mol. The largest absolute Gasteiger partial charge is 0.480 e. The molecule has 0 bridgehead atoms. The zero-order chi connectivity index (χ0) is 16.5. The van der Waals surface area contributed by atoms with Crippen molar-refractivity contribution in [2.45, 2.75) is 32.2 Å². The van der Waals surface area contributed by atoms with E-state index in [1.165, 1.54) is 6.07 Å². The van der Waals surface area contributed by atoms with Gasteiger partial charge in [0, 0.05) is 17.7 Å². The highest BCUT2D eigenvalue weighted by Gasteiger charge is 2.19. The summed E-state index contributed by atoms with van der Waals surface area (Å²) in [5, 5.41) is 14.2. The molecule has 0 heterocycles. The van der Waals surface area contributed by atoms with Crippen LogP contribution in [0.15, 0.2) is 36.9 Å². The normalized spacial score (nSPS) is 11.3. The number of carboxylic acids is 1. The van der Waals surface area contributed by atoms with E-state index in [2.05, 4.69) is 17.2 Å². The molecule has 2 amide bonds. The second-order valence-corrected chi connectivity index (χ2v) is 4.71. The Morgan fingerprint density at radius 3 is 2.68 bits per heavy atom. The minimum atomic E-state index is -1.09. The molecular formula is C16H20N2O4. The molecule has 6 heteroatoms. The Hall–Kier alpha value is -2.63. The van der Waals surface area contributed by atoms with E-state index in [0.29, 0.717) is 24.1 Å². The van der Waals surface area contributed by atoms with E-state index in [1.807, 2.05) is 0 Å². The first-order valence-corrected chi connectivity index (χ1v) is 7.02. The standard InChI is InChI=1S/C16H20N2O4/c1-3-5-9-13(16(21)22)18-15(20)11-7-6-8-12(10-11)17-14(19)4-2/h3,6-8,10,13H,1,4-5,9H2,2H3,(H,17,19)(H,18,20)(H,21,22). The molecule has 1 aromatic carbocycles. The van der Waals surface area contributed by atoms with Crippen molar-refractivity contribution in [1.29, 1.82) is 0 Å². The van der Waals surface area contributed by atoms with Crippen LogP contribution < -0.4 is 10.6 Å². The smallest absolute Gasteiger partial charge is 0.326 e. The number of carbonyl (C=O) groups is 3. The number of hydrogen-bond donors (Lipinski definition) is 3. The van der Waals surface area contributed by atoms with Gasteiger partial charge in [-0.25, -0.2) is 4.79 Å². The van der Waals surface area contributed by atoms with Crippen LogP contribution in [-0.2, 0) is 9.59 Å². The molecule has 0 aliphatic rings. The van der Waals surface area contributed by atoms with Crippen LogP contribution >= 0.6 is 0 Å². The van der Waals surface area contributed by atoms with E-state index >= 15 is 0 Å². The quantitative estimate of drug-likeness (QED) is 0.641. The molecule has 0 aliphatic carbocycles. The third-order valence-electron chi connectivity index (χ3n) is 2.99. The summed E-state index contributed by atoms with van der Waals surface area (Å²) < 4.78 is 0. The summed E-state index contributed by atoms with van der Waals surface area (Å²) in [5.41, 5.74) is 0.788. The fourth-order valence-electron chi connectivity index (χ4n) is 1.77. The zero-order valence-electron chi connectivity index (χ0n) is 12.5. The first-order chi connectivity index (χ1) is 10.5. The second-order valence-electron chi connectivity index (χ2n) is 4.71.